The van der Waals surface area contributed by atoms with Gasteiger partial charge in [0.05, 0.1) is 11.9 Å². The Balaban J connectivity index is 1.23. The molecule has 0 spiro atoms. The summed E-state index contributed by atoms with van der Waals surface area (Å²) < 4.78 is 1.87. The number of anilines is 2. The average molecular weight is 432 g/mol. The van der Waals surface area contributed by atoms with E-state index in [0.717, 1.165) is 58.5 Å². The van der Waals surface area contributed by atoms with Gasteiger partial charge in [-0.05, 0) is 38.3 Å². The lowest BCUT2D eigenvalue weighted by Gasteiger charge is -2.30. The van der Waals surface area contributed by atoms with Gasteiger partial charge in [-0.2, -0.15) is 0 Å². The molecule has 7 heteroatoms. The molecular formula is C24H25N5OS. The molecule has 0 unspecified atom stereocenters. The highest BCUT2D eigenvalue weighted by molar-refractivity contribution is 7.20. The van der Waals surface area contributed by atoms with Crippen LogP contribution in [0.25, 0.3) is 16.2 Å². The number of aryl methyl sites for hydroxylation is 2. The van der Waals surface area contributed by atoms with E-state index in [1.54, 1.807) is 11.3 Å². The fourth-order valence-electron chi connectivity index (χ4n) is 3.96. The van der Waals surface area contributed by atoms with Crippen LogP contribution in [0.4, 0.5) is 10.8 Å². The Morgan fingerprint density at radius 2 is 1.81 bits per heavy atom. The third-order valence-corrected chi connectivity index (χ3v) is 6.90. The van der Waals surface area contributed by atoms with E-state index in [0.29, 0.717) is 0 Å². The number of rotatable bonds is 4. The average Bonchev–Trinajstić information content (AvgIpc) is 3.35. The number of amides is 1. The lowest BCUT2D eigenvalue weighted by Crippen LogP contribution is -2.38. The molecule has 1 amide bonds. The Hall–Kier alpha value is -3.19. The van der Waals surface area contributed by atoms with Gasteiger partial charge < -0.3 is 10.2 Å². The van der Waals surface area contributed by atoms with Gasteiger partial charge in [-0.3, -0.25) is 4.79 Å². The van der Waals surface area contributed by atoms with Crippen molar-refractivity contribution in [2.24, 2.45) is 5.92 Å². The van der Waals surface area contributed by atoms with Crippen LogP contribution in [0.3, 0.4) is 0 Å². The minimum Gasteiger partial charge on any atom is -0.347 e. The molecular weight excluding hydrogens is 406 g/mol. The Bertz CT molecular complexity index is 1190. The molecule has 0 bridgehead atoms. The SMILES string of the molecule is Cc1ccc(-c2cn3nc(N4CCC(C(=O)Nc5ccccc5C)CC4)sc3n2)cc1. The number of nitrogens with zero attached hydrogens (tertiary/aromatic N) is 4. The Labute approximate surface area is 185 Å². The van der Waals surface area contributed by atoms with E-state index in [2.05, 4.69) is 41.4 Å². The summed E-state index contributed by atoms with van der Waals surface area (Å²) in [5.41, 5.74) is 5.27. The summed E-state index contributed by atoms with van der Waals surface area (Å²) in [6.45, 7) is 5.75. The minimum absolute atomic E-state index is 0.0352. The molecule has 1 saturated heterocycles. The van der Waals surface area contributed by atoms with Crippen LogP contribution in [0.1, 0.15) is 24.0 Å². The summed E-state index contributed by atoms with van der Waals surface area (Å²) in [5.74, 6) is 0.152. The molecule has 1 aliphatic heterocycles. The van der Waals surface area contributed by atoms with Crippen molar-refractivity contribution in [3.05, 3.63) is 65.9 Å². The van der Waals surface area contributed by atoms with Crippen molar-refractivity contribution >= 4 is 33.0 Å². The van der Waals surface area contributed by atoms with E-state index in [9.17, 15) is 4.79 Å². The van der Waals surface area contributed by atoms with Crippen molar-refractivity contribution in [2.75, 3.05) is 23.3 Å². The molecule has 31 heavy (non-hydrogen) atoms. The van der Waals surface area contributed by atoms with E-state index in [4.69, 9.17) is 10.1 Å². The monoisotopic (exact) mass is 431 g/mol. The van der Waals surface area contributed by atoms with E-state index in [1.807, 2.05) is 41.9 Å². The molecule has 1 fully saturated rings. The van der Waals surface area contributed by atoms with Crippen molar-refractivity contribution in [1.82, 2.24) is 14.6 Å². The molecule has 0 aliphatic carbocycles. The van der Waals surface area contributed by atoms with Gasteiger partial charge >= 0.3 is 0 Å². The van der Waals surface area contributed by atoms with Gasteiger partial charge in [0.15, 0.2) is 0 Å². The maximum Gasteiger partial charge on any atom is 0.227 e. The molecule has 2 aromatic heterocycles. The fraction of sp³-hybridized carbons (Fsp3) is 0.292. The highest BCUT2D eigenvalue weighted by Crippen LogP contribution is 2.30. The molecule has 5 rings (SSSR count). The van der Waals surface area contributed by atoms with Crippen LogP contribution in [0.5, 0.6) is 0 Å². The van der Waals surface area contributed by atoms with Gasteiger partial charge in [-0.15, -0.1) is 5.10 Å². The van der Waals surface area contributed by atoms with Crippen molar-refractivity contribution in [2.45, 2.75) is 26.7 Å². The summed E-state index contributed by atoms with van der Waals surface area (Å²) in [6, 6.07) is 16.3. The predicted octanol–water partition coefficient (Wildman–Crippen LogP) is 4.93. The lowest BCUT2D eigenvalue weighted by atomic mass is 9.96. The minimum atomic E-state index is 0.0352. The summed E-state index contributed by atoms with van der Waals surface area (Å²) in [6.07, 6.45) is 3.64. The number of aromatic nitrogens is 3. The highest BCUT2D eigenvalue weighted by atomic mass is 32.1. The van der Waals surface area contributed by atoms with E-state index < -0.39 is 0 Å². The van der Waals surface area contributed by atoms with Crippen molar-refractivity contribution < 1.29 is 4.79 Å². The molecule has 6 nitrogen and oxygen atoms in total. The molecule has 158 valence electrons. The third kappa shape index (κ3) is 4.05. The number of fused-ring (bicyclic) bond motifs is 1. The van der Waals surface area contributed by atoms with Gasteiger partial charge in [0, 0.05) is 30.3 Å². The first-order chi connectivity index (χ1) is 15.1. The smallest absolute Gasteiger partial charge is 0.227 e. The van der Waals surface area contributed by atoms with Crippen LogP contribution in [0, 0.1) is 19.8 Å². The van der Waals surface area contributed by atoms with E-state index in [-0.39, 0.29) is 11.8 Å². The molecule has 2 aromatic carbocycles. The zero-order chi connectivity index (χ0) is 21.4. The number of imidazole rings is 1. The third-order valence-electron chi connectivity index (χ3n) is 5.92. The zero-order valence-electron chi connectivity index (χ0n) is 17.7. The summed E-state index contributed by atoms with van der Waals surface area (Å²) in [7, 11) is 0. The quantitative estimate of drug-likeness (QED) is 0.498. The summed E-state index contributed by atoms with van der Waals surface area (Å²) in [4.78, 5) is 20.6. The van der Waals surface area contributed by atoms with E-state index in [1.165, 1.54) is 5.56 Å². The number of para-hydroxylation sites is 1. The molecule has 3 heterocycles. The van der Waals surface area contributed by atoms with Gasteiger partial charge in [-0.25, -0.2) is 9.50 Å². The largest absolute Gasteiger partial charge is 0.347 e. The molecule has 4 aromatic rings. The Morgan fingerprint density at radius 1 is 1.06 bits per heavy atom. The van der Waals surface area contributed by atoms with Crippen LogP contribution in [-0.2, 0) is 4.79 Å². The van der Waals surface area contributed by atoms with Crippen LogP contribution >= 0.6 is 11.3 Å². The standard InChI is InChI=1S/C24H25N5OS/c1-16-7-9-18(10-8-16)21-15-29-23(26-21)31-24(27-29)28-13-11-19(12-14-28)22(30)25-20-6-4-3-5-17(20)2/h3-10,15,19H,11-14H2,1-2H3,(H,25,30). The second kappa shape index (κ2) is 8.15. The summed E-state index contributed by atoms with van der Waals surface area (Å²) >= 11 is 1.60. The van der Waals surface area contributed by atoms with Crippen molar-refractivity contribution in [3.8, 4) is 11.3 Å². The molecule has 1 aliphatic rings. The second-order valence-electron chi connectivity index (χ2n) is 8.17. The van der Waals surface area contributed by atoms with Crippen LogP contribution < -0.4 is 10.2 Å². The van der Waals surface area contributed by atoms with Gasteiger partial charge in [0.1, 0.15) is 0 Å². The number of carbonyl (C=O) groups excluding carboxylic acids is 1. The Morgan fingerprint density at radius 3 is 2.52 bits per heavy atom. The normalized spacial score (nSPS) is 14.8. The number of nitrogens with one attached hydrogen (secondary N) is 1. The first-order valence-corrected chi connectivity index (χ1v) is 11.4. The maximum atomic E-state index is 12.7. The number of benzene rings is 2. The van der Waals surface area contributed by atoms with Gasteiger partial charge in [0.25, 0.3) is 0 Å². The van der Waals surface area contributed by atoms with Crippen LogP contribution in [-0.4, -0.2) is 33.6 Å². The van der Waals surface area contributed by atoms with Crippen molar-refractivity contribution in [1.29, 1.82) is 0 Å². The summed E-state index contributed by atoms with van der Waals surface area (Å²) in [5, 5.41) is 8.81. The number of piperidine rings is 1. The van der Waals surface area contributed by atoms with Gasteiger partial charge in [-0.1, -0.05) is 59.4 Å². The van der Waals surface area contributed by atoms with E-state index >= 15 is 0 Å². The zero-order valence-corrected chi connectivity index (χ0v) is 18.5. The van der Waals surface area contributed by atoms with Gasteiger partial charge in [0.2, 0.25) is 16.0 Å². The number of hydrogen-bond acceptors (Lipinski definition) is 5. The van der Waals surface area contributed by atoms with Crippen molar-refractivity contribution in [3.63, 3.8) is 0 Å². The molecule has 0 radical (unpaired) electrons. The number of carbonyl (C=O) groups is 1. The maximum absolute atomic E-state index is 12.7. The topological polar surface area (TPSA) is 62.5 Å². The Kier molecular flexibility index (Phi) is 5.19. The molecule has 0 atom stereocenters. The second-order valence-corrected chi connectivity index (χ2v) is 9.10. The number of hydrogen-bond donors (Lipinski definition) is 1. The predicted molar refractivity (Wildman–Crippen MR) is 126 cm³/mol. The first-order valence-electron chi connectivity index (χ1n) is 10.6. The fourth-order valence-corrected chi connectivity index (χ4v) is 4.90. The van der Waals surface area contributed by atoms with Crippen LogP contribution in [0.15, 0.2) is 54.7 Å². The highest BCUT2D eigenvalue weighted by Gasteiger charge is 2.27. The molecule has 0 saturated carbocycles. The molecule has 1 N–H and O–H groups in total. The first kappa shape index (κ1) is 19.8. The van der Waals surface area contributed by atoms with Crippen LogP contribution in [0.2, 0.25) is 0 Å². The lowest BCUT2D eigenvalue weighted by molar-refractivity contribution is -0.120.